The standard InChI is InChI=1S/C25H29FN2O3/c1-3-4-15-27(2)24(30)19-13-16-28(17-14-19)25(31)22-8-6-5-7-21(22)23(29)18-9-11-20(26)12-10-18/h5-12,19H,3-4,13-17H2,1-2H3. The molecule has 0 spiro atoms. The average molecular weight is 425 g/mol. The molecule has 6 heteroatoms. The lowest BCUT2D eigenvalue weighted by Gasteiger charge is -2.33. The van der Waals surface area contributed by atoms with Crippen molar-refractivity contribution in [2.24, 2.45) is 5.92 Å². The first-order chi connectivity index (χ1) is 14.9. The van der Waals surface area contributed by atoms with Crippen molar-refractivity contribution >= 4 is 17.6 Å². The lowest BCUT2D eigenvalue weighted by Crippen LogP contribution is -2.44. The van der Waals surface area contributed by atoms with Gasteiger partial charge in [-0.05, 0) is 49.6 Å². The van der Waals surface area contributed by atoms with E-state index in [0.717, 1.165) is 19.4 Å². The maximum absolute atomic E-state index is 13.2. The van der Waals surface area contributed by atoms with E-state index < -0.39 is 5.82 Å². The Morgan fingerprint density at radius 1 is 1.00 bits per heavy atom. The van der Waals surface area contributed by atoms with Gasteiger partial charge >= 0.3 is 0 Å². The van der Waals surface area contributed by atoms with Gasteiger partial charge in [0, 0.05) is 43.7 Å². The molecule has 5 nitrogen and oxygen atoms in total. The Kier molecular flexibility index (Phi) is 7.55. The second-order valence-corrected chi connectivity index (χ2v) is 8.06. The molecule has 1 saturated heterocycles. The number of hydrogen-bond donors (Lipinski definition) is 0. The number of amides is 2. The molecule has 0 aromatic heterocycles. The maximum Gasteiger partial charge on any atom is 0.254 e. The molecule has 1 heterocycles. The van der Waals surface area contributed by atoms with E-state index in [1.807, 2.05) is 7.05 Å². The zero-order valence-electron chi connectivity index (χ0n) is 18.1. The van der Waals surface area contributed by atoms with Crippen LogP contribution in [0, 0.1) is 11.7 Å². The van der Waals surface area contributed by atoms with Crippen molar-refractivity contribution in [1.29, 1.82) is 0 Å². The molecule has 1 aliphatic heterocycles. The van der Waals surface area contributed by atoms with Crippen LogP contribution in [-0.4, -0.2) is 54.1 Å². The van der Waals surface area contributed by atoms with Crippen LogP contribution in [0.2, 0.25) is 0 Å². The number of halogens is 1. The molecule has 1 fully saturated rings. The second-order valence-electron chi connectivity index (χ2n) is 8.06. The Labute approximate surface area is 182 Å². The van der Waals surface area contributed by atoms with Gasteiger partial charge in [-0.15, -0.1) is 0 Å². The number of hydrogen-bond acceptors (Lipinski definition) is 3. The van der Waals surface area contributed by atoms with Gasteiger partial charge in [-0.1, -0.05) is 31.5 Å². The van der Waals surface area contributed by atoms with Gasteiger partial charge < -0.3 is 9.80 Å². The average Bonchev–Trinajstić information content (AvgIpc) is 2.81. The highest BCUT2D eigenvalue weighted by Crippen LogP contribution is 2.23. The molecule has 164 valence electrons. The minimum Gasteiger partial charge on any atom is -0.346 e. The molecule has 1 aliphatic rings. The minimum atomic E-state index is -0.418. The molecule has 0 radical (unpaired) electrons. The third kappa shape index (κ3) is 5.37. The summed E-state index contributed by atoms with van der Waals surface area (Å²) in [5.74, 6) is -0.865. The first kappa shape index (κ1) is 22.7. The molecule has 0 bridgehead atoms. The van der Waals surface area contributed by atoms with E-state index in [1.54, 1.807) is 34.1 Å². The van der Waals surface area contributed by atoms with E-state index in [1.165, 1.54) is 24.3 Å². The summed E-state index contributed by atoms with van der Waals surface area (Å²) in [6.07, 6.45) is 3.27. The molecular weight excluding hydrogens is 395 g/mol. The molecular formula is C25H29FN2O3. The second kappa shape index (κ2) is 10.3. The predicted octanol–water partition coefficient (Wildman–Crippen LogP) is 4.17. The smallest absolute Gasteiger partial charge is 0.254 e. The summed E-state index contributed by atoms with van der Waals surface area (Å²) < 4.78 is 13.2. The van der Waals surface area contributed by atoms with Crippen LogP contribution in [-0.2, 0) is 4.79 Å². The van der Waals surface area contributed by atoms with Gasteiger partial charge in [0.25, 0.3) is 5.91 Å². The topological polar surface area (TPSA) is 57.7 Å². The van der Waals surface area contributed by atoms with Crippen molar-refractivity contribution in [2.75, 3.05) is 26.7 Å². The maximum atomic E-state index is 13.2. The zero-order chi connectivity index (χ0) is 22.4. The van der Waals surface area contributed by atoms with Crippen LogP contribution in [0.25, 0.3) is 0 Å². The fourth-order valence-corrected chi connectivity index (χ4v) is 3.94. The van der Waals surface area contributed by atoms with Crippen LogP contribution in [0.4, 0.5) is 4.39 Å². The predicted molar refractivity (Wildman–Crippen MR) is 117 cm³/mol. The van der Waals surface area contributed by atoms with E-state index in [0.29, 0.717) is 42.6 Å². The van der Waals surface area contributed by atoms with Crippen molar-refractivity contribution in [1.82, 2.24) is 9.80 Å². The molecule has 2 aromatic carbocycles. The number of unbranched alkanes of at least 4 members (excludes halogenated alkanes) is 1. The first-order valence-electron chi connectivity index (χ1n) is 10.9. The highest BCUT2D eigenvalue weighted by molar-refractivity contribution is 6.15. The summed E-state index contributed by atoms with van der Waals surface area (Å²) in [6.45, 7) is 3.82. The molecule has 0 unspecified atom stereocenters. The highest BCUT2D eigenvalue weighted by Gasteiger charge is 2.30. The fraction of sp³-hybridized carbons (Fsp3) is 0.400. The van der Waals surface area contributed by atoms with Gasteiger partial charge in [-0.25, -0.2) is 4.39 Å². The number of nitrogens with zero attached hydrogens (tertiary/aromatic N) is 2. The Bertz CT molecular complexity index is 934. The minimum absolute atomic E-state index is 0.0676. The third-order valence-electron chi connectivity index (χ3n) is 5.86. The molecule has 2 aromatic rings. The number of rotatable bonds is 7. The van der Waals surface area contributed by atoms with Crippen molar-refractivity contribution in [3.63, 3.8) is 0 Å². The summed E-state index contributed by atoms with van der Waals surface area (Å²) >= 11 is 0. The molecule has 3 rings (SSSR count). The van der Waals surface area contributed by atoms with E-state index in [-0.39, 0.29) is 23.5 Å². The van der Waals surface area contributed by atoms with Crippen molar-refractivity contribution < 1.29 is 18.8 Å². The monoisotopic (exact) mass is 424 g/mol. The van der Waals surface area contributed by atoms with Gasteiger partial charge in [-0.3, -0.25) is 14.4 Å². The summed E-state index contributed by atoms with van der Waals surface area (Å²) in [5, 5.41) is 0. The van der Waals surface area contributed by atoms with Gasteiger partial charge in [0.1, 0.15) is 5.82 Å². The Morgan fingerprint density at radius 2 is 1.61 bits per heavy atom. The molecule has 0 aliphatic carbocycles. The third-order valence-corrected chi connectivity index (χ3v) is 5.86. The summed E-state index contributed by atoms with van der Waals surface area (Å²) in [5.41, 5.74) is 0.972. The van der Waals surface area contributed by atoms with Gasteiger partial charge in [0.05, 0.1) is 5.56 Å². The van der Waals surface area contributed by atoms with E-state index >= 15 is 0 Å². The molecule has 31 heavy (non-hydrogen) atoms. The largest absolute Gasteiger partial charge is 0.346 e. The number of carbonyl (C=O) groups excluding carboxylic acids is 3. The van der Waals surface area contributed by atoms with Crippen LogP contribution in [0.15, 0.2) is 48.5 Å². The quantitative estimate of drug-likeness (QED) is 0.627. The van der Waals surface area contributed by atoms with E-state index in [9.17, 15) is 18.8 Å². The number of carbonyl (C=O) groups is 3. The first-order valence-corrected chi connectivity index (χ1v) is 10.9. The van der Waals surface area contributed by atoms with Crippen molar-refractivity contribution in [3.05, 3.63) is 71.0 Å². The fourth-order valence-electron chi connectivity index (χ4n) is 3.94. The molecule has 0 atom stereocenters. The Hall–Kier alpha value is -3.02. The SMILES string of the molecule is CCCCN(C)C(=O)C1CCN(C(=O)c2ccccc2C(=O)c2ccc(F)cc2)CC1. The summed E-state index contributed by atoms with van der Waals surface area (Å²) in [6, 6.07) is 12.0. The zero-order valence-corrected chi connectivity index (χ0v) is 18.1. The van der Waals surface area contributed by atoms with Crippen molar-refractivity contribution in [3.8, 4) is 0 Å². The molecule has 2 amide bonds. The van der Waals surface area contributed by atoms with Crippen LogP contribution in [0.1, 0.15) is 58.9 Å². The van der Waals surface area contributed by atoms with Crippen LogP contribution >= 0.6 is 0 Å². The van der Waals surface area contributed by atoms with Crippen LogP contribution in [0.5, 0.6) is 0 Å². The number of ketones is 1. The molecule has 0 N–H and O–H groups in total. The van der Waals surface area contributed by atoms with Crippen LogP contribution in [0.3, 0.4) is 0 Å². The lowest BCUT2D eigenvalue weighted by atomic mass is 9.93. The van der Waals surface area contributed by atoms with Gasteiger partial charge in [0.2, 0.25) is 5.91 Å². The van der Waals surface area contributed by atoms with Crippen molar-refractivity contribution in [2.45, 2.75) is 32.6 Å². The number of piperidine rings is 1. The normalized spacial score (nSPS) is 14.4. The summed E-state index contributed by atoms with van der Waals surface area (Å²) in [7, 11) is 1.84. The highest BCUT2D eigenvalue weighted by atomic mass is 19.1. The van der Waals surface area contributed by atoms with Gasteiger partial charge in [0.15, 0.2) is 5.78 Å². The molecule has 0 saturated carbocycles. The van der Waals surface area contributed by atoms with Gasteiger partial charge in [-0.2, -0.15) is 0 Å². The summed E-state index contributed by atoms with van der Waals surface area (Å²) in [4.78, 5) is 42.2. The number of likely N-dealkylation sites (tertiary alicyclic amines) is 1. The Morgan fingerprint density at radius 3 is 2.23 bits per heavy atom. The van der Waals surface area contributed by atoms with E-state index in [4.69, 9.17) is 0 Å². The Balaban J connectivity index is 1.69. The number of benzene rings is 2. The van der Waals surface area contributed by atoms with Crippen LogP contribution < -0.4 is 0 Å². The lowest BCUT2D eigenvalue weighted by molar-refractivity contribution is -0.135. The van der Waals surface area contributed by atoms with E-state index in [2.05, 4.69) is 6.92 Å².